The minimum Gasteiger partial charge on any atom is -0.455 e. The molecule has 1 fully saturated rings. The summed E-state index contributed by atoms with van der Waals surface area (Å²) in [6, 6.07) is 15.6. The van der Waals surface area contributed by atoms with Crippen molar-refractivity contribution in [2.75, 3.05) is 49.5 Å². The molecular formula is C24H28N4O3. The number of para-hydroxylation sites is 1. The first-order valence-electron chi connectivity index (χ1n) is 10.7. The predicted molar refractivity (Wildman–Crippen MR) is 122 cm³/mol. The van der Waals surface area contributed by atoms with Crippen LogP contribution in [0.2, 0.25) is 0 Å². The van der Waals surface area contributed by atoms with Crippen LogP contribution in [0.5, 0.6) is 0 Å². The fourth-order valence-electron chi connectivity index (χ4n) is 3.91. The van der Waals surface area contributed by atoms with Gasteiger partial charge in [-0.2, -0.15) is 0 Å². The van der Waals surface area contributed by atoms with Gasteiger partial charge in [0.2, 0.25) is 0 Å². The molecule has 0 radical (unpaired) electrons. The number of ether oxygens (including phenoxy) is 1. The van der Waals surface area contributed by atoms with Gasteiger partial charge in [-0.3, -0.25) is 9.59 Å². The zero-order chi connectivity index (χ0) is 21.6. The molecule has 31 heavy (non-hydrogen) atoms. The molecule has 1 saturated heterocycles. The maximum absolute atomic E-state index is 12.2. The summed E-state index contributed by atoms with van der Waals surface area (Å²) in [6.07, 6.45) is 1.92. The second-order valence-electron chi connectivity index (χ2n) is 7.71. The van der Waals surface area contributed by atoms with Crippen LogP contribution < -0.4 is 10.2 Å². The number of fused-ring (bicyclic) bond motifs is 1. The summed E-state index contributed by atoms with van der Waals surface area (Å²) in [5, 5.41) is 3.77. The van der Waals surface area contributed by atoms with Crippen molar-refractivity contribution in [2.24, 2.45) is 0 Å². The number of hydrogen-bond acceptors (Lipinski definition) is 5. The Bertz CT molecular complexity index is 1040. The molecule has 2 aromatic carbocycles. The van der Waals surface area contributed by atoms with Gasteiger partial charge in [-0.15, -0.1) is 0 Å². The minimum atomic E-state index is -0.429. The maximum Gasteiger partial charge on any atom is 0.310 e. The van der Waals surface area contributed by atoms with Crippen LogP contribution in [0, 0.1) is 0 Å². The summed E-state index contributed by atoms with van der Waals surface area (Å²) in [5.74, 6) is -0.780. The van der Waals surface area contributed by atoms with Crippen molar-refractivity contribution in [1.29, 1.82) is 0 Å². The molecule has 0 bridgehead atoms. The molecule has 2 heterocycles. The highest BCUT2D eigenvalue weighted by Gasteiger charge is 2.16. The second kappa shape index (κ2) is 9.66. The first kappa shape index (κ1) is 20.9. The first-order chi connectivity index (χ1) is 15.1. The van der Waals surface area contributed by atoms with Crippen molar-refractivity contribution in [3.8, 4) is 0 Å². The molecule has 1 amide bonds. The van der Waals surface area contributed by atoms with Crippen LogP contribution in [0.1, 0.15) is 12.5 Å². The molecule has 7 nitrogen and oxygen atoms in total. The average Bonchev–Trinajstić information content (AvgIpc) is 3.21. The number of aromatic amines is 1. The molecule has 1 aliphatic rings. The van der Waals surface area contributed by atoms with Crippen LogP contribution in [0.25, 0.3) is 10.9 Å². The Kier molecular flexibility index (Phi) is 6.52. The molecule has 0 saturated carbocycles. The smallest absolute Gasteiger partial charge is 0.310 e. The summed E-state index contributed by atoms with van der Waals surface area (Å²) in [5.41, 5.74) is 3.67. The van der Waals surface area contributed by atoms with Gasteiger partial charge in [0.15, 0.2) is 6.61 Å². The number of hydrogen-bond donors (Lipinski definition) is 2. The second-order valence-corrected chi connectivity index (χ2v) is 7.71. The Labute approximate surface area is 182 Å². The molecule has 7 heteroatoms. The number of H-pyrrole nitrogens is 1. The third kappa shape index (κ3) is 5.24. The monoisotopic (exact) mass is 420 g/mol. The molecule has 0 aliphatic carbocycles. The third-order valence-electron chi connectivity index (χ3n) is 5.71. The maximum atomic E-state index is 12.2. The number of likely N-dealkylation sites (N-methyl/N-ethyl adjacent to an activating group) is 1. The molecule has 162 valence electrons. The van der Waals surface area contributed by atoms with Crippen LogP contribution in [0.3, 0.4) is 0 Å². The first-order valence-corrected chi connectivity index (χ1v) is 10.7. The highest BCUT2D eigenvalue weighted by molar-refractivity contribution is 5.93. The van der Waals surface area contributed by atoms with Crippen molar-refractivity contribution in [3.63, 3.8) is 0 Å². The van der Waals surface area contributed by atoms with E-state index in [1.165, 1.54) is 0 Å². The number of amides is 1. The Balaban J connectivity index is 1.23. The van der Waals surface area contributed by atoms with Crippen molar-refractivity contribution in [1.82, 2.24) is 9.88 Å². The van der Waals surface area contributed by atoms with Crippen molar-refractivity contribution in [3.05, 3.63) is 60.3 Å². The fourth-order valence-corrected chi connectivity index (χ4v) is 3.91. The number of esters is 1. The molecule has 0 unspecified atom stereocenters. The quantitative estimate of drug-likeness (QED) is 0.575. The van der Waals surface area contributed by atoms with Gasteiger partial charge in [0.05, 0.1) is 6.42 Å². The summed E-state index contributed by atoms with van der Waals surface area (Å²) >= 11 is 0. The molecule has 1 aliphatic heterocycles. The summed E-state index contributed by atoms with van der Waals surface area (Å²) in [7, 11) is 0. The zero-order valence-corrected chi connectivity index (χ0v) is 17.8. The van der Waals surface area contributed by atoms with Crippen LogP contribution in [0.4, 0.5) is 11.4 Å². The van der Waals surface area contributed by atoms with Crippen LogP contribution in [-0.4, -0.2) is 61.1 Å². The average molecular weight is 421 g/mol. The number of nitrogens with zero attached hydrogens (tertiary/aromatic N) is 2. The number of carbonyl (C=O) groups is 2. The number of piperazine rings is 1. The Hall–Kier alpha value is -3.32. The van der Waals surface area contributed by atoms with E-state index in [-0.39, 0.29) is 18.9 Å². The van der Waals surface area contributed by atoms with E-state index in [9.17, 15) is 9.59 Å². The van der Waals surface area contributed by atoms with Crippen LogP contribution in [-0.2, 0) is 20.7 Å². The van der Waals surface area contributed by atoms with Gasteiger partial charge < -0.3 is 24.8 Å². The van der Waals surface area contributed by atoms with Crippen molar-refractivity contribution in [2.45, 2.75) is 13.3 Å². The van der Waals surface area contributed by atoms with Crippen LogP contribution >= 0.6 is 0 Å². The standard InChI is InChI=1S/C24H28N4O3/c1-2-27-11-13-28(14-12-27)20-9-7-19(8-10-20)26-23(29)17-31-24(30)15-18-16-25-22-6-4-3-5-21(18)22/h3-10,16,25H,2,11-15,17H2,1H3,(H,26,29). The largest absolute Gasteiger partial charge is 0.455 e. The van der Waals surface area contributed by atoms with Crippen LogP contribution in [0.15, 0.2) is 54.7 Å². The normalized spacial score (nSPS) is 14.5. The highest BCUT2D eigenvalue weighted by atomic mass is 16.5. The minimum absolute atomic E-state index is 0.122. The predicted octanol–water partition coefficient (Wildman–Crippen LogP) is 3.03. The summed E-state index contributed by atoms with van der Waals surface area (Å²) in [6.45, 7) is 7.12. The fraction of sp³-hybridized carbons (Fsp3) is 0.333. The molecule has 0 atom stereocenters. The number of benzene rings is 2. The van der Waals surface area contributed by atoms with E-state index in [1.807, 2.05) is 48.5 Å². The number of aromatic nitrogens is 1. The highest BCUT2D eigenvalue weighted by Crippen LogP contribution is 2.20. The Morgan fingerprint density at radius 3 is 2.52 bits per heavy atom. The van der Waals surface area contributed by atoms with E-state index < -0.39 is 5.97 Å². The molecule has 3 aromatic rings. The van der Waals surface area contributed by atoms with E-state index in [0.29, 0.717) is 5.69 Å². The van der Waals surface area contributed by atoms with Gasteiger partial charge in [0, 0.05) is 54.7 Å². The molecule has 0 spiro atoms. The number of anilines is 2. The third-order valence-corrected chi connectivity index (χ3v) is 5.71. The lowest BCUT2D eigenvalue weighted by Gasteiger charge is -2.35. The van der Waals surface area contributed by atoms with E-state index in [2.05, 4.69) is 27.0 Å². The lowest BCUT2D eigenvalue weighted by atomic mass is 10.1. The van der Waals surface area contributed by atoms with E-state index in [4.69, 9.17) is 4.74 Å². The topological polar surface area (TPSA) is 77.7 Å². The Morgan fingerprint density at radius 2 is 1.77 bits per heavy atom. The number of nitrogens with one attached hydrogen (secondary N) is 2. The van der Waals surface area contributed by atoms with Gasteiger partial charge in [-0.05, 0) is 42.4 Å². The SMILES string of the molecule is CCN1CCN(c2ccc(NC(=O)COC(=O)Cc3c[nH]c4ccccc34)cc2)CC1. The van der Waals surface area contributed by atoms with E-state index >= 15 is 0 Å². The van der Waals surface area contributed by atoms with Gasteiger partial charge in [-0.25, -0.2) is 0 Å². The number of carbonyl (C=O) groups excluding carboxylic acids is 2. The van der Waals surface area contributed by atoms with Gasteiger partial charge >= 0.3 is 5.97 Å². The number of rotatable bonds is 7. The zero-order valence-electron chi connectivity index (χ0n) is 17.8. The van der Waals surface area contributed by atoms with Gasteiger partial charge in [0.25, 0.3) is 5.91 Å². The Morgan fingerprint density at radius 1 is 1.03 bits per heavy atom. The lowest BCUT2D eigenvalue weighted by Crippen LogP contribution is -2.46. The molecule has 1 aromatic heterocycles. The summed E-state index contributed by atoms with van der Waals surface area (Å²) in [4.78, 5) is 32.2. The lowest BCUT2D eigenvalue weighted by molar-refractivity contribution is -0.146. The van der Waals surface area contributed by atoms with Gasteiger partial charge in [-0.1, -0.05) is 25.1 Å². The van der Waals surface area contributed by atoms with Crippen molar-refractivity contribution < 1.29 is 14.3 Å². The molecule has 4 rings (SSSR count). The van der Waals surface area contributed by atoms with Crippen molar-refractivity contribution >= 4 is 34.2 Å². The van der Waals surface area contributed by atoms with E-state index in [1.54, 1.807) is 6.20 Å². The molecule has 2 N–H and O–H groups in total. The van der Waals surface area contributed by atoms with E-state index in [0.717, 1.165) is 54.9 Å². The molecular weight excluding hydrogens is 392 g/mol. The summed E-state index contributed by atoms with van der Waals surface area (Å²) < 4.78 is 5.16. The van der Waals surface area contributed by atoms with Gasteiger partial charge in [0.1, 0.15) is 0 Å².